The van der Waals surface area contributed by atoms with E-state index in [-0.39, 0.29) is 61.4 Å². The fourth-order valence-corrected chi connectivity index (χ4v) is 12.5. The number of ether oxygens (including phenoxy) is 4. The number of nitrogens with zero attached hydrogens (tertiary/aromatic N) is 4. The fraction of sp³-hybridized carbons (Fsp3) is 0.500. The lowest BCUT2D eigenvalue weighted by Crippen LogP contribution is -2.47. The highest BCUT2D eigenvalue weighted by molar-refractivity contribution is 6.19. The predicted octanol–water partition coefficient (Wildman–Crippen LogP) is 8.19. The molecule has 4 aromatic rings. The second-order valence-corrected chi connectivity index (χ2v) is 23.7. The number of aromatic hydroxyl groups is 2. The number of aliphatic hydroxyl groups excluding tert-OH is 2. The number of allylic oxidation sites excluding steroid dienone is 2. The molecule has 2 fully saturated rings. The molecule has 81 heavy (non-hydrogen) atoms. The second kappa shape index (κ2) is 23.9. The van der Waals surface area contributed by atoms with Gasteiger partial charge >= 0.3 is 11.8 Å². The van der Waals surface area contributed by atoms with Gasteiger partial charge in [0.05, 0.1) is 40.9 Å². The molecule has 2 saturated heterocycles. The second-order valence-electron chi connectivity index (χ2n) is 23.7. The molecule has 432 valence electrons. The minimum atomic E-state index is -2.03. The lowest BCUT2D eigenvalue weighted by molar-refractivity contribution is -0.165. The quantitative estimate of drug-likeness (QED) is 0.0638. The number of esters is 1. The highest BCUT2D eigenvalue weighted by Crippen LogP contribution is 2.50. The first-order chi connectivity index (χ1) is 38.5. The molecule has 9 atom stereocenters. The van der Waals surface area contributed by atoms with Crippen LogP contribution in [0.2, 0.25) is 0 Å². The van der Waals surface area contributed by atoms with Gasteiger partial charge in [0.1, 0.15) is 35.1 Å². The number of hydrogen-bond acceptors (Lipinski definition) is 15. The van der Waals surface area contributed by atoms with Gasteiger partial charge in [0.25, 0.3) is 11.7 Å². The number of phenols is 2. The summed E-state index contributed by atoms with van der Waals surface area (Å²) < 4.78 is 24.8. The zero-order valence-electron chi connectivity index (χ0n) is 48.3. The van der Waals surface area contributed by atoms with Gasteiger partial charge in [0.2, 0.25) is 5.91 Å². The molecule has 17 nitrogen and oxygen atoms in total. The van der Waals surface area contributed by atoms with Crippen LogP contribution in [0.1, 0.15) is 115 Å². The molecule has 4 aromatic carbocycles. The number of phenolic OH excluding ortho intramolecular Hbond substituents is 2. The molecule has 2 amide bonds. The number of carbonyl (C=O) groups is 4. The van der Waals surface area contributed by atoms with Gasteiger partial charge in [-0.3, -0.25) is 29.2 Å². The summed E-state index contributed by atoms with van der Waals surface area (Å²) in [6, 6.07) is 18.7. The number of ketones is 1. The van der Waals surface area contributed by atoms with Crippen LogP contribution in [0, 0.1) is 36.5 Å². The number of piperidine rings is 2. The van der Waals surface area contributed by atoms with Crippen molar-refractivity contribution in [1.29, 1.82) is 0 Å². The van der Waals surface area contributed by atoms with Crippen LogP contribution in [-0.2, 0) is 28.6 Å². The summed E-state index contributed by atoms with van der Waals surface area (Å²) in [5, 5.41) is 51.3. The zero-order valence-corrected chi connectivity index (χ0v) is 48.3. The smallest absolute Gasteiger partial charge is 0.315 e. The number of Topliss-reactive ketones (excluding diaryl/α,β-unsaturated/α-hetero) is 1. The van der Waals surface area contributed by atoms with E-state index in [9.17, 15) is 34.8 Å². The van der Waals surface area contributed by atoms with E-state index in [0.717, 1.165) is 30.5 Å². The molecule has 0 aliphatic carbocycles. The monoisotopic (exact) mass is 1110 g/mol. The van der Waals surface area contributed by atoms with Crippen LogP contribution < -0.4 is 20.8 Å². The third-order valence-electron chi connectivity index (χ3n) is 17.5. The summed E-state index contributed by atoms with van der Waals surface area (Å²) in [5.74, 6) is -7.51. The summed E-state index contributed by atoms with van der Waals surface area (Å²) in [6.07, 6.45) is 5.30. The third kappa shape index (κ3) is 11.8. The molecular weight excluding hydrogens is 1030 g/mol. The zero-order chi connectivity index (χ0) is 58.2. The molecule has 6 aliphatic rings. The third-order valence-corrected chi connectivity index (χ3v) is 17.5. The topological polar surface area (TPSA) is 229 Å². The van der Waals surface area contributed by atoms with Gasteiger partial charge in [-0.2, -0.15) is 0 Å². The Morgan fingerprint density at radius 1 is 0.827 bits per heavy atom. The summed E-state index contributed by atoms with van der Waals surface area (Å²) >= 11 is 0. The van der Waals surface area contributed by atoms with Gasteiger partial charge in [-0.1, -0.05) is 114 Å². The Morgan fingerprint density at radius 2 is 1.48 bits per heavy atom. The van der Waals surface area contributed by atoms with E-state index in [1.807, 2.05) is 18.2 Å². The maximum absolute atomic E-state index is 15.0. The van der Waals surface area contributed by atoms with E-state index in [4.69, 9.17) is 28.9 Å². The molecule has 0 radical (unpaired) electrons. The van der Waals surface area contributed by atoms with Crippen LogP contribution in [0.4, 0.5) is 5.69 Å². The van der Waals surface area contributed by atoms with Crippen molar-refractivity contribution in [2.24, 2.45) is 39.6 Å². The number of nitrogens with one attached hydrogen (secondary N) is 1. The van der Waals surface area contributed by atoms with E-state index in [1.54, 1.807) is 64.7 Å². The molecule has 1 unspecified atom stereocenters. The number of likely N-dealkylation sites (tertiary alicyclic amines) is 2. The highest BCUT2D eigenvalue weighted by Gasteiger charge is 2.50. The number of hydrogen-bond donors (Lipinski definition) is 5. The lowest BCUT2D eigenvalue weighted by atomic mass is 9.78. The van der Waals surface area contributed by atoms with Gasteiger partial charge in [-0.25, -0.2) is 0 Å². The minimum Gasteiger partial charge on any atom is -0.507 e. The number of methoxy groups -OCH3 is 1. The van der Waals surface area contributed by atoms with Crippen molar-refractivity contribution in [3.63, 3.8) is 0 Å². The molecule has 1 spiro atoms. The van der Waals surface area contributed by atoms with Crippen molar-refractivity contribution in [2.75, 3.05) is 45.2 Å². The fourth-order valence-electron chi connectivity index (χ4n) is 12.5. The molecular formula is C64H79N5O12. The molecule has 6 aliphatic heterocycles. The van der Waals surface area contributed by atoms with Gasteiger partial charge in [-0.05, 0) is 61.3 Å². The van der Waals surface area contributed by atoms with E-state index in [0.29, 0.717) is 44.9 Å². The van der Waals surface area contributed by atoms with E-state index in [2.05, 4.69) is 60.5 Å². The van der Waals surface area contributed by atoms with Gasteiger partial charge < -0.3 is 54.5 Å². The maximum atomic E-state index is 15.0. The predicted molar refractivity (Wildman–Crippen MR) is 307 cm³/mol. The first kappa shape index (κ1) is 58.7. The van der Waals surface area contributed by atoms with Crippen molar-refractivity contribution < 1.29 is 58.6 Å². The van der Waals surface area contributed by atoms with Crippen LogP contribution in [-0.4, -0.2) is 129 Å². The molecule has 5 N–H and O–H groups in total. The number of aliphatic hydroxyl groups is 2. The van der Waals surface area contributed by atoms with Crippen molar-refractivity contribution in [3.8, 4) is 28.4 Å². The van der Waals surface area contributed by atoms with E-state index < -0.39 is 95.1 Å². The van der Waals surface area contributed by atoms with Crippen molar-refractivity contribution in [3.05, 3.63) is 118 Å². The first-order valence-electron chi connectivity index (χ1n) is 28.6. The van der Waals surface area contributed by atoms with E-state index in [1.165, 1.54) is 31.9 Å². The van der Waals surface area contributed by atoms with Crippen LogP contribution >= 0.6 is 0 Å². The molecule has 6 heterocycles. The van der Waals surface area contributed by atoms with Crippen molar-refractivity contribution in [1.82, 2.24) is 9.80 Å². The SMILES string of the molecule is CO[C@H]1/C=C/OC2(C)Oc3c(C)c(O)c4c(O)c(c5c(c4c3C2=O)=NC2(CCN(CC(C)C)CC2)N=5)NC(=O)/C(C)=C\C=C\[C@H](C)[C@H](O)[C@@H](C)[C@@H](O)[C@@H](C)[C@H](OC(=O)CC(=O)N2CCC(c3ccc(-c4ccccc4)cc3)CC2)[C@@H]1C. The molecule has 5 bridgehead atoms. The average Bonchev–Trinajstić information content (AvgIpc) is 3.53. The number of fused-ring (bicyclic) bond motifs is 13. The average molecular weight is 1110 g/mol. The minimum absolute atomic E-state index is 0.00848. The normalized spacial score (nSPS) is 28.8. The number of rotatable bonds is 8. The largest absolute Gasteiger partial charge is 0.507 e. The first-order valence-corrected chi connectivity index (χ1v) is 28.6. The number of carbonyl (C=O) groups excluding carboxylic acids is 4. The number of amides is 2. The Morgan fingerprint density at radius 3 is 2.14 bits per heavy atom. The lowest BCUT2D eigenvalue weighted by Gasteiger charge is -2.38. The van der Waals surface area contributed by atoms with Crippen molar-refractivity contribution in [2.45, 2.75) is 136 Å². The summed E-state index contributed by atoms with van der Waals surface area (Å²) in [6.45, 7) is 19.0. The van der Waals surface area contributed by atoms with Crippen LogP contribution in [0.3, 0.4) is 0 Å². The maximum Gasteiger partial charge on any atom is 0.315 e. The Hall–Kier alpha value is -6.92. The van der Waals surface area contributed by atoms with E-state index >= 15 is 4.79 Å². The molecule has 17 heteroatoms. The van der Waals surface area contributed by atoms with Gasteiger partial charge in [0, 0.05) is 99.8 Å². The van der Waals surface area contributed by atoms with Crippen LogP contribution in [0.25, 0.3) is 21.9 Å². The molecule has 0 saturated carbocycles. The summed E-state index contributed by atoms with van der Waals surface area (Å²) in [5.41, 5.74) is 2.77. The Labute approximate surface area is 474 Å². The van der Waals surface area contributed by atoms with Gasteiger partial charge in [0.15, 0.2) is 11.4 Å². The number of benzene rings is 4. The standard InChI is InChI=1S/C64H79N5O12/c1-35(2)34-68-30-26-64(27-31-68)66-52-49-50-57(74)41(8)60-51(49)61(76)63(9,81-60)79-32-25-46(78-10)38(5)59(40(7)56(73)39(6)55(72)36(3)15-14-16-37(4)62(77)65-54(58(50)75)53(52)67-64)80-48(71)33-47(70)69-28-23-45(24-29-69)44-21-19-43(20-22-44)42-17-12-11-13-18-42/h11-22,25,32,35-36,38-40,45-46,55-56,59,72-75H,23-24,26-31,33-34H2,1-10H3,(H,65,77)/b15-14+,32-25+,37-16-/t36-,38+,39+,40+,46-,55-,56+,59+,63?/m0/s1. The van der Waals surface area contributed by atoms with Crippen LogP contribution in [0.5, 0.6) is 17.2 Å². The van der Waals surface area contributed by atoms with Crippen LogP contribution in [0.15, 0.2) is 101 Å². The Kier molecular flexibility index (Phi) is 17.3. The van der Waals surface area contributed by atoms with Crippen molar-refractivity contribution >= 4 is 40.0 Å². The summed E-state index contributed by atoms with van der Waals surface area (Å²) in [7, 11) is 1.45. The Balaban J connectivity index is 1.01. The number of anilines is 1. The Bertz CT molecular complexity index is 3270. The molecule has 10 rings (SSSR count). The highest BCUT2D eigenvalue weighted by atomic mass is 16.7. The molecule has 0 aromatic heterocycles. The van der Waals surface area contributed by atoms with Gasteiger partial charge in [-0.15, -0.1) is 0 Å². The summed E-state index contributed by atoms with van der Waals surface area (Å²) in [4.78, 5) is 71.4.